The minimum Gasteiger partial charge on any atom is -0.507 e. The van der Waals surface area contributed by atoms with E-state index in [1.165, 1.54) is 0 Å². The van der Waals surface area contributed by atoms with Gasteiger partial charge >= 0.3 is 0 Å². The number of carbonyl (C=O) groups is 1. The highest BCUT2D eigenvalue weighted by Gasteiger charge is 2.35. The molecule has 3 nitrogen and oxygen atoms in total. The molecule has 1 N–H and O–H groups in total. The fourth-order valence-electron chi connectivity index (χ4n) is 3.14. The van der Waals surface area contributed by atoms with Crippen molar-refractivity contribution in [1.82, 2.24) is 4.90 Å². The largest absolute Gasteiger partial charge is 0.507 e. The van der Waals surface area contributed by atoms with Gasteiger partial charge in [-0.2, -0.15) is 0 Å². The number of phenolic OH excluding ortho intramolecular Hbond substituents is 1. The first-order valence-electron chi connectivity index (χ1n) is 8.81. The van der Waals surface area contributed by atoms with Crippen LogP contribution in [0, 0.1) is 0 Å². The number of aromatic hydroxyl groups is 1. The van der Waals surface area contributed by atoms with Crippen molar-refractivity contribution < 1.29 is 9.90 Å². The molecule has 1 amide bonds. The zero-order chi connectivity index (χ0) is 19.0. The Balaban J connectivity index is 2.55. The number of hydrogen-bond donors (Lipinski definition) is 1. The van der Waals surface area contributed by atoms with Crippen LogP contribution in [0.2, 0.25) is 0 Å². The van der Waals surface area contributed by atoms with Crippen LogP contribution in [0.1, 0.15) is 70.0 Å². The molecule has 0 saturated carbocycles. The van der Waals surface area contributed by atoms with Crippen molar-refractivity contribution in [3.63, 3.8) is 0 Å². The molecule has 1 heterocycles. The van der Waals surface area contributed by atoms with Crippen molar-refractivity contribution in [3.8, 4) is 5.75 Å². The van der Waals surface area contributed by atoms with Crippen LogP contribution in [-0.4, -0.2) is 34.1 Å². The van der Waals surface area contributed by atoms with Gasteiger partial charge in [-0.15, -0.1) is 23.4 Å². The van der Waals surface area contributed by atoms with Crippen LogP contribution in [0.15, 0.2) is 12.1 Å². The molecule has 1 saturated heterocycles. The van der Waals surface area contributed by atoms with Gasteiger partial charge in [0.2, 0.25) is 5.91 Å². The van der Waals surface area contributed by atoms with Gasteiger partial charge in [0.25, 0.3) is 0 Å². The summed E-state index contributed by atoms with van der Waals surface area (Å²) in [4.78, 5) is 14.2. The maximum atomic E-state index is 12.3. The summed E-state index contributed by atoms with van der Waals surface area (Å²) >= 11 is 7.49. The molecular weight excluding hydrogens is 354 g/mol. The Kier molecular flexibility index (Phi) is 6.05. The molecule has 25 heavy (non-hydrogen) atoms. The lowest BCUT2D eigenvalue weighted by Crippen LogP contribution is -2.30. The van der Waals surface area contributed by atoms with Crippen LogP contribution < -0.4 is 0 Å². The van der Waals surface area contributed by atoms with Crippen molar-refractivity contribution in [2.24, 2.45) is 0 Å². The zero-order valence-electron chi connectivity index (χ0n) is 16.1. The number of alkyl halides is 1. The number of benzene rings is 1. The predicted octanol–water partition coefficient (Wildman–Crippen LogP) is 5.19. The maximum absolute atomic E-state index is 12.3. The molecule has 1 fully saturated rings. The van der Waals surface area contributed by atoms with E-state index in [0.29, 0.717) is 23.9 Å². The molecule has 0 aliphatic carbocycles. The van der Waals surface area contributed by atoms with Crippen molar-refractivity contribution in [2.45, 2.75) is 64.2 Å². The molecule has 140 valence electrons. The SMILES string of the molecule is CC(C)(C)c1cc(C2SCC(=O)N2CCCCl)cc(C(C)(C)C)c1O. The van der Waals surface area contributed by atoms with Gasteiger partial charge < -0.3 is 10.0 Å². The van der Waals surface area contributed by atoms with Gasteiger partial charge in [-0.25, -0.2) is 0 Å². The van der Waals surface area contributed by atoms with Crippen LogP contribution in [0.3, 0.4) is 0 Å². The minimum absolute atomic E-state index is 0.00137. The highest BCUT2D eigenvalue weighted by Crippen LogP contribution is 2.45. The maximum Gasteiger partial charge on any atom is 0.233 e. The number of nitrogens with zero attached hydrogens (tertiary/aromatic N) is 1. The van der Waals surface area contributed by atoms with E-state index in [1.54, 1.807) is 11.8 Å². The van der Waals surface area contributed by atoms with E-state index in [0.717, 1.165) is 23.1 Å². The Morgan fingerprint density at radius 2 is 1.68 bits per heavy atom. The summed E-state index contributed by atoms with van der Waals surface area (Å²) in [6.45, 7) is 13.3. The zero-order valence-corrected chi connectivity index (χ0v) is 17.7. The van der Waals surface area contributed by atoms with Gasteiger partial charge in [-0.3, -0.25) is 4.79 Å². The van der Waals surface area contributed by atoms with Crippen LogP contribution in [0.25, 0.3) is 0 Å². The number of hydrogen-bond acceptors (Lipinski definition) is 3. The van der Waals surface area contributed by atoms with Crippen LogP contribution >= 0.6 is 23.4 Å². The van der Waals surface area contributed by atoms with E-state index >= 15 is 0 Å². The summed E-state index contributed by atoms with van der Waals surface area (Å²) in [5, 5.41) is 10.9. The Hall–Kier alpha value is -0.870. The van der Waals surface area contributed by atoms with Gasteiger partial charge in [0.15, 0.2) is 0 Å². The highest BCUT2D eigenvalue weighted by molar-refractivity contribution is 8.00. The van der Waals surface area contributed by atoms with Crippen LogP contribution in [0.5, 0.6) is 5.75 Å². The minimum atomic E-state index is -0.172. The lowest BCUT2D eigenvalue weighted by Gasteiger charge is -2.31. The van der Waals surface area contributed by atoms with E-state index in [9.17, 15) is 9.90 Å². The first-order chi connectivity index (χ1) is 11.5. The summed E-state index contributed by atoms with van der Waals surface area (Å²) in [5.41, 5.74) is 2.63. The van der Waals surface area contributed by atoms with E-state index < -0.39 is 0 Å². The molecule has 1 unspecified atom stereocenters. The topological polar surface area (TPSA) is 40.5 Å². The van der Waals surface area contributed by atoms with E-state index in [4.69, 9.17) is 11.6 Å². The number of amides is 1. The van der Waals surface area contributed by atoms with Crippen LogP contribution in [0.4, 0.5) is 0 Å². The van der Waals surface area contributed by atoms with Crippen molar-refractivity contribution in [3.05, 3.63) is 28.8 Å². The van der Waals surface area contributed by atoms with Gasteiger partial charge in [-0.1, -0.05) is 41.5 Å². The second kappa shape index (κ2) is 7.40. The molecular formula is C20H30ClNO2S. The Labute approximate surface area is 161 Å². The third-order valence-electron chi connectivity index (χ3n) is 4.53. The number of carbonyl (C=O) groups excluding carboxylic acids is 1. The molecule has 1 aliphatic heterocycles. The molecule has 1 aliphatic rings. The summed E-state index contributed by atoms with van der Waals surface area (Å²) in [7, 11) is 0. The lowest BCUT2D eigenvalue weighted by atomic mass is 9.78. The standard InChI is InChI=1S/C20H30ClNO2S/c1-19(2,3)14-10-13(11-15(17(14)24)20(4,5)6)18-22(9-7-8-21)16(23)12-25-18/h10-11,18,24H,7-9,12H2,1-6H3. The molecule has 1 atom stereocenters. The number of rotatable bonds is 4. The first kappa shape index (κ1) is 20.4. The molecule has 1 aromatic carbocycles. The van der Waals surface area contributed by atoms with E-state index in [1.807, 2.05) is 4.90 Å². The lowest BCUT2D eigenvalue weighted by molar-refractivity contribution is -0.128. The van der Waals surface area contributed by atoms with Gasteiger partial charge in [0.1, 0.15) is 11.1 Å². The smallest absolute Gasteiger partial charge is 0.233 e. The Bertz CT molecular complexity index is 611. The number of halogens is 1. The Morgan fingerprint density at radius 1 is 1.16 bits per heavy atom. The van der Waals surface area contributed by atoms with Crippen molar-refractivity contribution in [2.75, 3.05) is 18.2 Å². The second-order valence-corrected chi connectivity index (χ2v) is 10.2. The second-order valence-electron chi connectivity index (χ2n) is 8.76. The quantitative estimate of drug-likeness (QED) is 0.727. The molecule has 0 spiro atoms. The number of phenols is 1. The normalized spacial score (nSPS) is 18.9. The predicted molar refractivity (Wildman–Crippen MR) is 108 cm³/mol. The van der Waals surface area contributed by atoms with E-state index in [2.05, 4.69) is 53.7 Å². The molecule has 0 radical (unpaired) electrons. The number of thioether (sulfide) groups is 1. The van der Waals surface area contributed by atoms with Crippen molar-refractivity contribution >= 4 is 29.3 Å². The first-order valence-corrected chi connectivity index (χ1v) is 10.4. The van der Waals surface area contributed by atoms with Gasteiger partial charge in [-0.05, 0) is 46.1 Å². The van der Waals surface area contributed by atoms with Gasteiger partial charge in [0.05, 0.1) is 5.75 Å². The highest BCUT2D eigenvalue weighted by atomic mass is 35.5. The fourth-order valence-corrected chi connectivity index (χ4v) is 4.46. The van der Waals surface area contributed by atoms with Gasteiger partial charge in [0, 0.05) is 12.4 Å². The van der Waals surface area contributed by atoms with Crippen LogP contribution in [-0.2, 0) is 15.6 Å². The fraction of sp³-hybridized carbons (Fsp3) is 0.650. The van der Waals surface area contributed by atoms with E-state index in [-0.39, 0.29) is 22.1 Å². The summed E-state index contributed by atoms with van der Waals surface area (Å²) in [6, 6.07) is 4.16. The average molecular weight is 384 g/mol. The molecule has 0 bridgehead atoms. The molecule has 5 heteroatoms. The summed E-state index contributed by atoms with van der Waals surface area (Å²) < 4.78 is 0. The summed E-state index contributed by atoms with van der Waals surface area (Å²) in [6.07, 6.45) is 0.792. The molecule has 2 rings (SSSR count). The Morgan fingerprint density at radius 3 is 2.12 bits per heavy atom. The monoisotopic (exact) mass is 383 g/mol. The third kappa shape index (κ3) is 4.46. The van der Waals surface area contributed by atoms with Crippen molar-refractivity contribution in [1.29, 1.82) is 0 Å². The molecule has 1 aromatic rings. The average Bonchev–Trinajstić information content (AvgIpc) is 2.84. The summed E-state index contributed by atoms with van der Waals surface area (Å²) in [5.74, 6) is 1.61. The molecule has 0 aromatic heterocycles. The third-order valence-corrected chi connectivity index (χ3v) is 6.06.